The van der Waals surface area contributed by atoms with Crippen molar-refractivity contribution in [3.05, 3.63) is 18.2 Å². The van der Waals surface area contributed by atoms with Crippen molar-refractivity contribution in [3.63, 3.8) is 0 Å². The van der Waals surface area contributed by atoms with Gasteiger partial charge in [-0.05, 0) is 30.4 Å². The molecular weight excluding hydrogens is 212 g/mol. The lowest BCUT2D eigenvalue weighted by Gasteiger charge is -2.29. The van der Waals surface area contributed by atoms with Crippen molar-refractivity contribution in [2.75, 3.05) is 18.2 Å². The van der Waals surface area contributed by atoms with Crippen LogP contribution in [0, 0.1) is 5.41 Å². The molecule has 0 spiro atoms. The van der Waals surface area contributed by atoms with Gasteiger partial charge in [0.1, 0.15) is 5.75 Å². The number of anilines is 2. The third-order valence-corrected chi connectivity index (χ3v) is 3.85. The lowest BCUT2D eigenvalue weighted by Crippen LogP contribution is -2.31. The SMILES string of the molecule is COc1ccc(N)c(NC2CCCC2(C)C)c1. The molecule has 1 aromatic rings. The molecule has 3 heteroatoms. The minimum atomic E-state index is 0.343. The van der Waals surface area contributed by atoms with E-state index in [1.54, 1.807) is 7.11 Å². The van der Waals surface area contributed by atoms with Crippen LogP contribution >= 0.6 is 0 Å². The molecule has 94 valence electrons. The first-order valence-corrected chi connectivity index (χ1v) is 6.23. The van der Waals surface area contributed by atoms with E-state index in [1.165, 1.54) is 19.3 Å². The number of hydrogen-bond donors (Lipinski definition) is 2. The van der Waals surface area contributed by atoms with Crippen molar-refractivity contribution >= 4 is 11.4 Å². The van der Waals surface area contributed by atoms with Gasteiger partial charge in [0.15, 0.2) is 0 Å². The first-order chi connectivity index (χ1) is 8.03. The Bertz CT molecular complexity index is 401. The van der Waals surface area contributed by atoms with E-state index >= 15 is 0 Å². The molecule has 1 aliphatic rings. The molecule has 1 aromatic carbocycles. The average molecular weight is 234 g/mol. The second-order valence-corrected chi connectivity index (χ2v) is 5.53. The van der Waals surface area contributed by atoms with Crippen LogP contribution in [0.2, 0.25) is 0 Å². The summed E-state index contributed by atoms with van der Waals surface area (Å²) in [5.41, 5.74) is 8.11. The number of nitrogen functional groups attached to an aromatic ring is 1. The summed E-state index contributed by atoms with van der Waals surface area (Å²) in [6, 6.07) is 6.25. The fourth-order valence-corrected chi connectivity index (χ4v) is 2.57. The lowest BCUT2D eigenvalue weighted by atomic mass is 9.87. The Morgan fingerprint density at radius 1 is 1.41 bits per heavy atom. The third kappa shape index (κ3) is 2.48. The van der Waals surface area contributed by atoms with Gasteiger partial charge >= 0.3 is 0 Å². The normalized spacial score (nSPS) is 22.4. The highest BCUT2D eigenvalue weighted by molar-refractivity contribution is 5.68. The number of methoxy groups -OCH3 is 1. The van der Waals surface area contributed by atoms with E-state index in [-0.39, 0.29) is 0 Å². The molecule has 1 saturated carbocycles. The smallest absolute Gasteiger partial charge is 0.121 e. The highest BCUT2D eigenvalue weighted by Crippen LogP contribution is 2.40. The molecule has 0 amide bonds. The van der Waals surface area contributed by atoms with Crippen molar-refractivity contribution < 1.29 is 4.74 Å². The Morgan fingerprint density at radius 3 is 2.76 bits per heavy atom. The zero-order valence-electron chi connectivity index (χ0n) is 10.9. The van der Waals surface area contributed by atoms with Gasteiger partial charge in [-0.2, -0.15) is 0 Å². The van der Waals surface area contributed by atoms with E-state index in [0.717, 1.165) is 17.1 Å². The molecule has 1 unspecified atom stereocenters. The van der Waals surface area contributed by atoms with Crippen LogP contribution in [-0.4, -0.2) is 13.2 Å². The largest absolute Gasteiger partial charge is 0.497 e. The van der Waals surface area contributed by atoms with Crippen LogP contribution < -0.4 is 15.8 Å². The maximum Gasteiger partial charge on any atom is 0.121 e. The van der Waals surface area contributed by atoms with Gasteiger partial charge in [-0.3, -0.25) is 0 Å². The zero-order chi connectivity index (χ0) is 12.5. The van der Waals surface area contributed by atoms with E-state index in [1.807, 2.05) is 18.2 Å². The molecule has 1 aliphatic carbocycles. The molecule has 1 atom stereocenters. The Morgan fingerprint density at radius 2 is 2.18 bits per heavy atom. The van der Waals surface area contributed by atoms with Crippen LogP contribution in [0.15, 0.2) is 18.2 Å². The third-order valence-electron chi connectivity index (χ3n) is 3.85. The van der Waals surface area contributed by atoms with E-state index in [2.05, 4.69) is 19.2 Å². The maximum atomic E-state index is 5.99. The maximum absolute atomic E-state index is 5.99. The Labute approximate surface area is 103 Å². The molecule has 0 bridgehead atoms. The molecule has 17 heavy (non-hydrogen) atoms. The zero-order valence-corrected chi connectivity index (χ0v) is 10.9. The minimum Gasteiger partial charge on any atom is -0.497 e. The van der Waals surface area contributed by atoms with Crippen LogP contribution in [0.1, 0.15) is 33.1 Å². The Hall–Kier alpha value is -1.38. The first-order valence-electron chi connectivity index (χ1n) is 6.23. The van der Waals surface area contributed by atoms with Crippen molar-refractivity contribution in [3.8, 4) is 5.75 Å². The van der Waals surface area contributed by atoms with Crippen molar-refractivity contribution in [2.24, 2.45) is 5.41 Å². The number of benzene rings is 1. The highest BCUT2D eigenvalue weighted by atomic mass is 16.5. The number of hydrogen-bond acceptors (Lipinski definition) is 3. The predicted molar refractivity (Wildman–Crippen MR) is 72.4 cm³/mol. The van der Waals surface area contributed by atoms with Crippen LogP contribution in [-0.2, 0) is 0 Å². The van der Waals surface area contributed by atoms with Gasteiger partial charge < -0.3 is 15.8 Å². The molecule has 0 radical (unpaired) electrons. The number of ether oxygens (including phenoxy) is 1. The van der Waals surface area contributed by atoms with Gasteiger partial charge in [-0.25, -0.2) is 0 Å². The Kier molecular flexibility index (Phi) is 3.18. The van der Waals surface area contributed by atoms with Crippen LogP contribution in [0.5, 0.6) is 5.75 Å². The van der Waals surface area contributed by atoms with Crippen LogP contribution in [0.25, 0.3) is 0 Å². The average Bonchev–Trinajstić information content (AvgIpc) is 2.61. The lowest BCUT2D eigenvalue weighted by molar-refractivity contribution is 0.350. The fourth-order valence-electron chi connectivity index (χ4n) is 2.57. The summed E-state index contributed by atoms with van der Waals surface area (Å²) in [6.07, 6.45) is 3.77. The van der Waals surface area contributed by atoms with Crippen LogP contribution in [0.3, 0.4) is 0 Å². The van der Waals surface area contributed by atoms with Crippen molar-refractivity contribution in [2.45, 2.75) is 39.2 Å². The molecule has 0 aromatic heterocycles. The summed E-state index contributed by atoms with van der Waals surface area (Å²) < 4.78 is 5.23. The number of nitrogens with one attached hydrogen (secondary N) is 1. The van der Waals surface area contributed by atoms with Gasteiger partial charge in [-0.1, -0.05) is 20.3 Å². The molecule has 0 heterocycles. The summed E-state index contributed by atoms with van der Waals surface area (Å²) >= 11 is 0. The number of nitrogens with two attached hydrogens (primary N) is 1. The van der Waals surface area contributed by atoms with Gasteiger partial charge in [0.25, 0.3) is 0 Å². The van der Waals surface area contributed by atoms with E-state index in [0.29, 0.717) is 11.5 Å². The number of rotatable bonds is 3. The van der Waals surface area contributed by atoms with Gasteiger partial charge in [-0.15, -0.1) is 0 Å². The second-order valence-electron chi connectivity index (χ2n) is 5.53. The Balaban J connectivity index is 2.18. The van der Waals surface area contributed by atoms with E-state index < -0.39 is 0 Å². The van der Waals surface area contributed by atoms with Crippen molar-refractivity contribution in [1.29, 1.82) is 0 Å². The van der Waals surface area contributed by atoms with Gasteiger partial charge in [0.2, 0.25) is 0 Å². The molecular formula is C14H22N2O. The minimum absolute atomic E-state index is 0.343. The summed E-state index contributed by atoms with van der Waals surface area (Å²) in [4.78, 5) is 0. The molecule has 3 nitrogen and oxygen atoms in total. The highest BCUT2D eigenvalue weighted by Gasteiger charge is 2.34. The van der Waals surface area contributed by atoms with Gasteiger partial charge in [0.05, 0.1) is 18.5 Å². The van der Waals surface area contributed by atoms with Crippen LogP contribution in [0.4, 0.5) is 11.4 Å². The quantitative estimate of drug-likeness (QED) is 0.789. The standard InChI is InChI=1S/C14H22N2O/c1-14(2)8-4-5-13(14)16-12-9-10(17-3)6-7-11(12)15/h6-7,9,13,16H,4-5,8,15H2,1-3H3. The predicted octanol–water partition coefficient (Wildman–Crippen LogP) is 3.27. The summed E-state index contributed by atoms with van der Waals surface area (Å²) in [6.45, 7) is 4.63. The molecule has 1 fully saturated rings. The topological polar surface area (TPSA) is 47.3 Å². The fraction of sp³-hybridized carbons (Fsp3) is 0.571. The molecule has 2 rings (SSSR count). The summed E-state index contributed by atoms with van der Waals surface area (Å²) in [5.74, 6) is 0.845. The molecule has 0 aliphatic heterocycles. The van der Waals surface area contributed by atoms with Crippen molar-refractivity contribution in [1.82, 2.24) is 0 Å². The van der Waals surface area contributed by atoms with E-state index in [4.69, 9.17) is 10.5 Å². The second kappa shape index (κ2) is 4.47. The monoisotopic (exact) mass is 234 g/mol. The summed E-state index contributed by atoms with van der Waals surface area (Å²) in [7, 11) is 1.68. The summed E-state index contributed by atoms with van der Waals surface area (Å²) in [5, 5.41) is 3.57. The van der Waals surface area contributed by atoms with E-state index in [9.17, 15) is 0 Å². The first kappa shape index (κ1) is 12.1. The van der Waals surface area contributed by atoms with Gasteiger partial charge in [0, 0.05) is 12.1 Å². The molecule has 0 saturated heterocycles. The molecule has 3 N–H and O–H groups in total.